The number of anilines is 1. The number of fused-ring (bicyclic) bond motifs is 1. The number of nitrogens with zero attached hydrogens (tertiary/aromatic N) is 4. The lowest BCUT2D eigenvalue weighted by atomic mass is 10.1. The van der Waals surface area contributed by atoms with Gasteiger partial charge in [0.2, 0.25) is 0 Å². The molecule has 0 unspecified atom stereocenters. The summed E-state index contributed by atoms with van der Waals surface area (Å²) in [7, 11) is 0. The second-order valence-electron chi connectivity index (χ2n) is 6.40. The van der Waals surface area contributed by atoms with E-state index in [-0.39, 0.29) is 12.0 Å². The second kappa shape index (κ2) is 7.09. The summed E-state index contributed by atoms with van der Waals surface area (Å²) in [4.78, 5) is 18.7. The highest BCUT2D eigenvalue weighted by atomic mass is 16.5. The molecule has 1 fully saturated rings. The van der Waals surface area contributed by atoms with Crippen LogP contribution in [0.2, 0.25) is 0 Å². The molecule has 26 heavy (non-hydrogen) atoms. The van der Waals surface area contributed by atoms with Crippen molar-refractivity contribution >= 4 is 22.8 Å². The zero-order valence-electron chi connectivity index (χ0n) is 14.3. The number of aromatic nitrogens is 4. The highest BCUT2D eigenvalue weighted by Gasteiger charge is 2.25. The van der Waals surface area contributed by atoms with Gasteiger partial charge in [-0.2, -0.15) is 15.4 Å². The second-order valence-corrected chi connectivity index (χ2v) is 6.40. The molecule has 3 aromatic rings. The first kappa shape index (κ1) is 16.5. The average Bonchev–Trinajstić information content (AvgIpc) is 3.14. The number of amides is 1. The van der Waals surface area contributed by atoms with Crippen molar-refractivity contribution in [3.8, 4) is 0 Å². The maximum Gasteiger partial charge on any atom is 0.254 e. The Kier molecular flexibility index (Phi) is 4.49. The molecule has 1 atom stereocenters. The largest absolute Gasteiger partial charge is 0.384 e. The molecule has 1 amide bonds. The van der Waals surface area contributed by atoms with E-state index in [1.54, 1.807) is 24.4 Å². The Balaban J connectivity index is 1.40. The van der Waals surface area contributed by atoms with Gasteiger partial charge in [0.05, 0.1) is 12.7 Å². The van der Waals surface area contributed by atoms with Crippen molar-refractivity contribution in [1.82, 2.24) is 25.3 Å². The van der Waals surface area contributed by atoms with E-state index in [0.717, 1.165) is 23.9 Å². The lowest BCUT2D eigenvalue weighted by Gasteiger charge is -2.33. The van der Waals surface area contributed by atoms with E-state index >= 15 is 0 Å². The molecule has 1 aromatic carbocycles. The summed E-state index contributed by atoms with van der Waals surface area (Å²) in [5.41, 5.74) is 8.90. The van der Waals surface area contributed by atoms with Crippen molar-refractivity contribution < 1.29 is 9.53 Å². The van der Waals surface area contributed by atoms with Crippen LogP contribution in [0.4, 0.5) is 5.82 Å². The molecule has 1 aliphatic rings. The van der Waals surface area contributed by atoms with Crippen molar-refractivity contribution in [1.29, 1.82) is 0 Å². The highest BCUT2D eigenvalue weighted by Crippen LogP contribution is 2.17. The number of carbonyl (C=O) groups is 1. The standard InChI is InChI=1S/C18H20N6O2/c19-17-9-12(5-6-20-17)1-3-14-11-24(7-8-26-14)18(25)13-2-4-15-16(10-13)22-23-21-15/h2,4-6,9-10,14H,1,3,7-8,11H2,(H2,19,20)(H,21,22,23)/t14-/m0/s1. The minimum absolute atomic E-state index is 0.00337. The van der Waals surface area contributed by atoms with Gasteiger partial charge in [-0.3, -0.25) is 4.79 Å². The molecule has 3 heterocycles. The number of rotatable bonds is 4. The summed E-state index contributed by atoms with van der Waals surface area (Å²) in [6.45, 7) is 1.71. The van der Waals surface area contributed by atoms with Gasteiger partial charge in [0.25, 0.3) is 5.91 Å². The average molecular weight is 352 g/mol. The Morgan fingerprint density at radius 2 is 2.15 bits per heavy atom. The van der Waals surface area contributed by atoms with Crippen molar-refractivity contribution in [2.75, 3.05) is 25.4 Å². The number of aromatic amines is 1. The van der Waals surface area contributed by atoms with Crippen LogP contribution in [0.25, 0.3) is 11.0 Å². The molecule has 0 radical (unpaired) electrons. The molecular weight excluding hydrogens is 332 g/mol. The monoisotopic (exact) mass is 352 g/mol. The first-order valence-electron chi connectivity index (χ1n) is 8.61. The molecule has 8 heteroatoms. The Bertz CT molecular complexity index is 925. The minimum Gasteiger partial charge on any atom is -0.384 e. The van der Waals surface area contributed by atoms with Gasteiger partial charge >= 0.3 is 0 Å². The molecule has 134 valence electrons. The molecule has 1 saturated heterocycles. The smallest absolute Gasteiger partial charge is 0.254 e. The van der Waals surface area contributed by atoms with Gasteiger partial charge in [-0.15, -0.1) is 0 Å². The number of ether oxygens (including phenoxy) is 1. The molecule has 0 saturated carbocycles. The number of carbonyl (C=O) groups excluding carboxylic acids is 1. The topological polar surface area (TPSA) is 110 Å². The van der Waals surface area contributed by atoms with Gasteiger partial charge in [-0.1, -0.05) is 0 Å². The molecular formula is C18H20N6O2. The molecule has 1 aliphatic heterocycles. The predicted octanol–water partition coefficient (Wildman–Crippen LogP) is 1.41. The van der Waals surface area contributed by atoms with Crippen molar-refractivity contribution in [3.63, 3.8) is 0 Å². The van der Waals surface area contributed by atoms with Crippen LogP contribution in [0, 0.1) is 0 Å². The number of nitrogens with one attached hydrogen (secondary N) is 1. The van der Waals surface area contributed by atoms with Crippen LogP contribution in [-0.2, 0) is 11.2 Å². The number of nitrogen functional groups attached to an aromatic ring is 1. The molecule has 3 N–H and O–H groups in total. The minimum atomic E-state index is -0.00337. The Hall–Kier alpha value is -3.00. The SMILES string of the molecule is Nc1cc(CC[C@H]2CN(C(=O)c3ccc4n[nH]nc4c3)CCO2)ccn1. The van der Waals surface area contributed by atoms with E-state index in [1.165, 1.54) is 0 Å². The summed E-state index contributed by atoms with van der Waals surface area (Å²) in [5, 5.41) is 10.6. The summed E-state index contributed by atoms with van der Waals surface area (Å²) >= 11 is 0. The Morgan fingerprint density at radius 1 is 1.27 bits per heavy atom. The van der Waals surface area contributed by atoms with Crippen LogP contribution >= 0.6 is 0 Å². The molecule has 2 aromatic heterocycles. The molecule has 0 spiro atoms. The maximum absolute atomic E-state index is 12.8. The van der Waals surface area contributed by atoms with Gasteiger partial charge in [0, 0.05) is 24.8 Å². The summed E-state index contributed by atoms with van der Waals surface area (Å²) in [5.74, 6) is 0.517. The number of nitrogens with two attached hydrogens (primary N) is 1. The summed E-state index contributed by atoms with van der Waals surface area (Å²) in [6, 6.07) is 9.19. The fraction of sp³-hybridized carbons (Fsp3) is 0.333. The van der Waals surface area contributed by atoms with E-state index in [0.29, 0.717) is 36.6 Å². The van der Waals surface area contributed by atoms with Crippen LogP contribution in [-0.4, -0.2) is 57.0 Å². The van der Waals surface area contributed by atoms with E-state index in [1.807, 2.05) is 17.0 Å². The lowest BCUT2D eigenvalue weighted by Crippen LogP contribution is -2.45. The number of benzene rings is 1. The normalized spacial score (nSPS) is 17.5. The van der Waals surface area contributed by atoms with E-state index in [4.69, 9.17) is 10.5 Å². The van der Waals surface area contributed by atoms with Crippen LogP contribution in [0.5, 0.6) is 0 Å². The van der Waals surface area contributed by atoms with E-state index in [2.05, 4.69) is 20.4 Å². The maximum atomic E-state index is 12.8. The molecule has 0 bridgehead atoms. The predicted molar refractivity (Wildman–Crippen MR) is 96.5 cm³/mol. The van der Waals surface area contributed by atoms with Crippen molar-refractivity contribution in [2.45, 2.75) is 18.9 Å². The van der Waals surface area contributed by atoms with Crippen molar-refractivity contribution in [2.24, 2.45) is 0 Å². The quantitative estimate of drug-likeness (QED) is 0.734. The van der Waals surface area contributed by atoms with Gasteiger partial charge in [-0.05, 0) is 48.7 Å². The van der Waals surface area contributed by atoms with Crippen LogP contribution in [0.1, 0.15) is 22.3 Å². The third-order valence-corrected chi connectivity index (χ3v) is 4.59. The Morgan fingerprint density at radius 3 is 3.04 bits per heavy atom. The fourth-order valence-electron chi connectivity index (χ4n) is 3.21. The van der Waals surface area contributed by atoms with E-state index < -0.39 is 0 Å². The number of H-pyrrole nitrogens is 1. The van der Waals surface area contributed by atoms with Crippen LogP contribution in [0.15, 0.2) is 36.5 Å². The van der Waals surface area contributed by atoms with Gasteiger partial charge in [-0.25, -0.2) is 4.98 Å². The zero-order chi connectivity index (χ0) is 17.9. The highest BCUT2D eigenvalue weighted by molar-refractivity contribution is 5.97. The van der Waals surface area contributed by atoms with E-state index in [9.17, 15) is 4.79 Å². The number of hydrogen-bond acceptors (Lipinski definition) is 6. The zero-order valence-corrected chi connectivity index (χ0v) is 14.3. The molecule has 0 aliphatic carbocycles. The van der Waals surface area contributed by atoms with Gasteiger partial charge in [0.15, 0.2) is 0 Å². The fourth-order valence-corrected chi connectivity index (χ4v) is 3.21. The number of aryl methyl sites for hydroxylation is 1. The first-order valence-corrected chi connectivity index (χ1v) is 8.61. The summed E-state index contributed by atoms with van der Waals surface area (Å²) < 4.78 is 5.84. The lowest BCUT2D eigenvalue weighted by molar-refractivity contribution is -0.0245. The first-order chi connectivity index (χ1) is 12.7. The number of hydrogen-bond donors (Lipinski definition) is 2. The van der Waals surface area contributed by atoms with Gasteiger partial charge < -0.3 is 15.4 Å². The molecule has 8 nitrogen and oxygen atoms in total. The summed E-state index contributed by atoms with van der Waals surface area (Å²) in [6.07, 6.45) is 3.39. The molecule has 4 rings (SSSR count). The third kappa shape index (κ3) is 3.50. The van der Waals surface area contributed by atoms with Crippen LogP contribution in [0.3, 0.4) is 0 Å². The number of pyridine rings is 1. The van der Waals surface area contributed by atoms with Gasteiger partial charge in [0.1, 0.15) is 16.9 Å². The Labute approximate surface area is 150 Å². The number of morpholine rings is 1. The van der Waals surface area contributed by atoms with Crippen molar-refractivity contribution in [3.05, 3.63) is 47.7 Å². The third-order valence-electron chi connectivity index (χ3n) is 4.59. The van der Waals surface area contributed by atoms with Crippen LogP contribution < -0.4 is 5.73 Å².